The van der Waals surface area contributed by atoms with Gasteiger partial charge in [0.05, 0.1) is 17.1 Å². The van der Waals surface area contributed by atoms with E-state index in [9.17, 15) is 14.0 Å². The van der Waals surface area contributed by atoms with Crippen molar-refractivity contribution >= 4 is 29.5 Å². The molecule has 0 aliphatic carbocycles. The van der Waals surface area contributed by atoms with Crippen LogP contribution in [-0.2, 0) is 16.6 Å². The Morgan fingerprint density at radius 2 is 1.92 bits per heavy atom. The summed E-state index contributed by atoms with van der Waals surface area (Å²) in [4.78, 5) is 24.0. The van der Waals surface area contributed by atoms with Gasteiger partial charge in [0.1, 0.15) is 11.4 Å². The molecule has 1 aromatic heterocycles. The maximum absolute atomic E-state index is 13.5. The van der Waals surface area contributed by atoms with Gasteiger partial charge in [-0.25, -0.2) is 9.18 Å². The van der Waals surface area contributed by atoms with E-state index in [2.05, 4.69) is 15.7 Å². The summed E-state index contributed by atoms with van der Waals surface area (Å²) in [6, 6.07) is 5.37. The van der Waals surface area contributed by atoms with E-state index in [0.29, 0.717) is 5.69 Å². The monoisotopic (exact) mass is 360 g/mol. The molecule has 2 N–H and O–H groups in total. The third-order valence-electron chi connectivity index (χ3n) is 3.01. The van der Waals surface area contributed by atoms with Crippen molar-refractivity contribution in [3.05, 3.63) is 48.0 Å². The number of anilines is 2. The van der Waals surface area contributed by atoms with Gasteiger partial charge < -0.3 is 10.1 Å². The van der Waals surface area contributed by atoms with Crippen LogP contribution in [-0.4, -0.2) is 27.4 Å². The number of aromatic nitrogens is 2. The zero-order chi connectivity index (χ0) is 19.3. The third-order valence-corrected chi connectivity index (χ3v) is 3.01. The molecule has 0 aliphatic rings. The summed E-state index contributed by atoms with van der Waals surface area (Å²) >= 11 is 0. The molecular weight excluding hydrogens is 339 g/mol. The molecule has 0 spiro atoms. The Morgan fingerprint density at radius 1 is 1.19 bits per heavy atom. The normalized spacial score (nSPS) is 11.4. The zero-order valence-electron chi connectivity index (χ0n) is 15.0. The molecule has 8 heteroatoms. The molecule has 2 rings (SSSR count). The van der Waals surface area contributed by atoms with Crippen LogP contribution in [0.1, 0.15) is 26.5 Å². The van der Waals surface area contributed by atoms with Crippen molar-refractivity contribution in [2.75, 3.05) is 10.6 Å². The molecule has 0 unspecified atom stereocenters. The van der Waals surface area contributed by atoms with Crippen molar-refractivity contribution < 1.29 is 18.7 Å². The Balaban J connectivity index is 2.10. The molecule has 0 fully saturated rings. The highest BCUT2D eigenvalue weighted by molar-refractivity contribution is 6.04. The fourth-order valence-corrected chi connectivity index (χ4v) is 2.00. The first-order valence-corrected chi connectivity index (χ1v) is 7.91. The van der Waals surface area contributed by atoms with Crippen molar-refractivity contribution in [1.82, 2.24) is 9.78 Å². The quantitative estimate of drug-likeness (QED) is 0.817. The summed E-state index contributed by atoms with van der Waals surface area (Å²) in [6.07, 6.45) is 3.83. The molecule has 0 radical (unpaired) electrons. The molecular formula is C18H21FN4O3. The molecule has 2 amide bonds. The molecule has 0 aliphatic heterocycles. The first-order valence-electron chi connectivity index (χ1n) is 7.91. The fraction of sp³-hybridized carbons (Fsp3) is 0.278. The second-order valence-corrected chi connectivity index (χ2v) is 6.55. The molecule has 1 aromatic carbocycles. The maximum Gasteiger partial charge on any atom is 0.412 e. The molecule has 0 saturated carbocycles. The second kappa shape index (κ2) is 7.81. The van der Waals surface area contributed by atoms with Gasteiger partial charge in [-0.3, -0.25) is 14.8 Å². The average molecular weight is 360 g/mol. The van der Waals surface area contributed by atoms with Crippen molar-refractivity contribution in [3.8, 4) is 0 Å². The number of aryl methyl sites for hydroxylation is 1. The molecule has 0 atom stereocenters. The van der Waals surface area contributed by atoms with E-state index in [1.54, 1.807) is 44.8 Å². The maximum atomic E-state index is 13.5. The van der Waals surface area contributed by atoms with E-state index < -0.39 is 23.4 Å². The summed E-state index contributed by atoms with van der Waals surface area (Å²) in [5, 5.41) is 9.13. The van der Waals surface area contributed by atoms with Gasteiger partial charge in [0.25, 0.3) is 0 Å². The molecule has 7 nitrogen and oxygen atoms in total. The Kier molecular flexibility index (Phi) is 5.76. The first kappa shape index (κ1) is 19.2. The van der Waals surface area contributed by atoms with Crippen LogP contribution in [0.2, 0.25) is 0 Å². The molecule has 0 saturated heterocycles. The van der Waals surface area contributed by atoms with Crippen LogP contribution < -0.4 is 10.6 Å². The summed E-state index contributed by atoms with van der Waals surface area (Å²) in [5.41, 5.74) is 0.264. The van der Waals surface area contributed by atoms with Crippen molar-refractivity contribution in [2.24, 2.45) is 7.05 Å². The number of halogens is 1. The Labute approximate surface area is 150 Å². The summed E-state index contributed by atoms with van der Waals surface area (Å²) < 4.78 is 20.3. The highest BCUT2D eigenvalue weighted by Gasteiger charge is 2.17. The minimum absolute atomic E-state index is 0.117. The van der Waals surface area contributed by atoms with Gasteiger partial charge in [-0.1, -0.05) is 0 Å². The smallest absolute Gasteiger partial charge is 0.412 e. The molecule has 26 heavy (non-hydrogen) atoms. The predicted octanol–water partition coefficient (Wildman–Crippen LogP) is 3.56. The highest BCUT2D eigenvalue weighted by Crippen LogP contribution is 2.24. The standard InChI is InChI=1S/C18H21FN4O3/c1-18(2,3)26-17(25)21-14-7-5-12(19)11-15(14)20-16(24)8-6-13-9-10-23(4)22-13/h5-11H,1-4H3,(H,20,24)(H,21,25)/b8-6+. The number of hydrogen-bond acceptors (Lipinski definition) is 4. The van der Waals surface area contributed by atoms with E-state index in [-0.39, 0.29) is 11.4 Å². The van der Waals surface area contributed by atoms with Crippen LogP contribution >= 0.6 is 0 Å². The van der Waals surface area contributed by atoms with E-state index in [4.69, 9.17) is 4.74 Å². The minimum atomic E-state index is -0.705. The second-order valence-electron chi connectivity index (χ2n) is 6.55. The Hall–Kier alpha value is -3.16. The van der Waals surface area contributed by atoms with Gasteiger partial charge >= 0.3 is 6.09 Å². The number of rotatable bonds is 4. The van der Waals surface area contributed by atoms with Gasteiger partial charge in [0.15, 0.2) is 0 Å². The molecule has 0 bridgehead atoms. The number of ether oxygens (including phenoxy) is 1. The van der Waals surface area contributed by atoms with Crippen LogP contribution in [0.5, 0.6) is 0 Å². The minimum Gasteiger partial charge on any atom is -0.444 e. The number of nitrogens with one attached hydrogen (secondary N) is 2. The number of amides is 2. The van der Waals surface area contributed by atoms with E-state index in [0.717, 1.165) is 6.07 Å². The Morgan fingerprint density at radius 3 is 2.54 bits per heavy atom. The number of carbonyl (C=O) groups excluding carboxylic acids is 2. The lowest BCUT2D eigenvalue weighted by atomic mass is 10.2. The van der Waals surface area contributed by atoms with Gasteiger partial charge in [-0.15, -0.1) is 0 Å². The first-order chi connectivity index (χ1) is 12.1. The van der Waals surface area contributed by atoms with Crippen molar-refractivity contribution in [1.29, 1.82) is 0 Å². The van der Waals surface area contributed by atoms with Gasteiger partial charge in [0.2, 0.25) is 5.91 Å². The number of carbonyl (C=O) groups is 2. The zero-order valence-corrected chi connectivity index (χ0v) is 15.0. The van der Waals surface area contributed by atoms with Crippen LogP contribution in [0.3, 0.4) is 0 Å². The lowest BCUT2D eigenvalue weighted by Crippen LogP contribution is -2.27. The SMILES string of the molecule is Cn1ccc(/C=C/C(=O)Nc2cc(F)ccc2NC(=O)OC(C)(C)C)n1. The largest absolute Gasteiger partial charge is 0.444 e. The number of hydrogen-bond donors (Lipinski definition) is 2. The summed E-state index contributed by atoms with van der Waals surface area (Å²) in [6.45, 7) is 5.17. The van der Waals surface area contributed by atoms with E-state index in [1.807, 2.05) is 0 Å². The third kappa shape index (κ3) is 6.04. The van der Waals surface area contributed by atoms with E-state index in [1.165, 1.54) is 24.3 Å². The fourth-order valence-electron chi connectivity index (χ4n) is 2.00. The van der Waals surface area contributed by atoms with Crippen LogP contribution in [0, 0.1) is 5.82 Å². The topological polar surface area (TPSA) is 85.2 Å². The van der Waals surface area contributed by atoms with E-state index >= 15 is 0 Å². The highest BCUT2D eigenvalue weighted by atomic mass is 19.1. The Bertz CT molecular complexity index is 837. The molecule has 1 heterocycles. The average Bonchev–Trinajstić information content (AvgIpc) is 2.92. The van der Waals surface area contributed by atoms with Gasteiger partial charge in [-0.05, 0) is 51.1 Å². The predicted molar refractivity (Wildman–Crippen MR) is 97.1 cm³/mol. The van der Waals surface area contributed by atoms with Crippen LogP contribution in [0.15, 0.2) is 36.5 Å². The molecule has 2 aromatic rings. The molecule has 138 valence electrons. The lowest BCUT2D eigenvalue weighted by molar-refractivity contribution is -0.111. The van der Waals surface area contributed by atoms with Crippen LogP contribution in [0.4, 0.5) is 20.6 Å². The number of benzene rings is 1. The lowest BCUT2D eigenvalue weighted by Gasteiger charge is -2.20. The van der Waals surface area contributed by atoms with Gasteiger partial charge in [0, 0.05) is 19.3 Å². The van der Waals surface area contributed by atoms with Gasteiger partial charge in [-0.2, -0.15) is 5.10 Å². The van der Waals surface area contributed by atoms with Crippen molar-refractivity contribution in [3.63, 3.8) is 0 Å². The summed E-state index contributed by atoms with van der Waals surface area (Å²) in [5.74, 6) is -1.04. The number of nitrogens with zero attached hydrogens (tertiary/aromatic N) is 2. The van der Waals surface area contributed by atoms with Crippen molar-refractivity contribution in [2.45, 2.75) is 26.4 Å². The summed E-state index contributed by atoms with van der Waals surface area (Å²) in [7, 11) is 1.76. The van der Waals surface area contributed by atoms with Crippen LogP contribution in [0.25, 0.3) is 6.08 Å².